The molecule has 4 N–H and O–H groups in total. The lowest BCUT2D eigenvalue weighted by Gasteiger charge is -2.44. The summed E-state index contributed by atoms with van der Waals surface area (Å²) in [7, 11) is 0. The fourth-order valence-corrected chi connectivity index (χ4v) is 3.91. The smallest absolute Gasteiger partial charge is 0.235 e. The molecular weight excluding hydrogens is 286 g/mol. The number of carbonyl (C=O) groups is 2. The van der Waals surface area contributed by atoms with E-state index in [1.165, 1.54) is 0 Å². The molecule has 1 saturated heterocycles. The van der Waals surface area contributed by atoms with Gasteiger partial charge in [0, 0.05) is 12.6 Å². The van der Waals surface area contributed by atoms with Crippen molar-refractivity contribution in [2.75, 3.05) is 6.54 Å². The Morgan fingerprint density at radius 1 is 1.14 bits per heavy atom. The van der Waals surface area contributed by atoms with Crippen molar-refractivity contribution in [1.82, 2.24) is 4.90 Å². The highest BCUT2D eigenvalue weighted by molar-refractivity contribution is 7.80. The fourth-order valence-electron chi connectivity index (χ4n) is 3.62. The summed E-state index contributed by atoms with van der Waals surface area (Å²) in [5.74, 6) is -0.571. The Bertz CT molecular complexity index is 446. The van der Waals surface area contributed by atoms with Crippen molar-refractivity contribution in [3.63, 3.8) is 0 Å². The molecule has 0 spiro atoms. The predicted molar refractivity (Wildman–Crippen MR) is 85.4 cm³/mol. The highest BCUT2D eigenvalue weighted by Gasteiger charge is 2.47. The Kier molecular flexibility index (Phi) is 4.86. The van der Waals surface area contributed by atoms with Crippen LogP contribution in [0.5, 0.6) is 0 Å². The van der Waals surface area contributed by atoms with Crippen LogP contribution in [-0.4, -0.2) is 34.3 Å². The number of likely N-dealkylation sites (tertiary alicyclic amines) is 1. The summed E-state index contributed by atoms with van der Waals surface area (Å²) < 4.78 is 0. The van der Waals surface area contributed by atoms with Crippen molar-refractivity contribution in [1.29, 1.82) is 0 Å². The summed E-state index contributed by atoms with van der Waals surface area (Å²) in [4.78, 5) is 26.7. The lowest BCUT2D eigenvalue weighted by atomic mass is 9.72. The molecule has 2 amide bonds. The molecule has 2 rings (SSSR count). The van der Waals surface area contributed by atoms with Crippen LogP contribution in [0.25, 0.3) is 0 Å². The van der Waals surface area contributed by atoms with Crippen LogP contribution in [0.1, 0.15) is 51.9 Å². The van der Waals surface area contributed by atoms with Crippen molar-refractivity contribution in [2.45, 2.75) is 57.9 Å². The molecule has 1 saturated carbocycles. The number of nitrogens with two attached hydrogens (primary N) is 2. The molecule has 1 aliphatic heterocycles. The van der Waals surface area contributed by atoms with Gasteiger partial charge in [0.25, 0.3) is 0 Å². The Labute approximate surface area is 131 Å². The van der Waals surface area contributed by atoms with Crippen LogP contribution in [0, 0.1) is 11.3 Å². The minimum Gasteiger partial charge on any atom is -0.392 e. The van der Waals surface area contributed by atoms with Gasteiger partial charge >= 0.3 is 0 Å². The average molecular weight is 311 g/mol. The van der Waals surface area contributed by atoms with Crippen LogP contribution in [-0.2, 0) is 9.59 Å². The van der Waals surface area contributed by atoms with E-state index in [4.69, 9.17) is 23.7 Å². The first-order chi connectivity index (χ1) is 9.88. The molecule has 21 heavy (non-hydrogen) atoms. The minimum atomic E-state index is -0.707. The van der Waals surface area contributed by atoms with Gasteiger partial charge in [-0.3, -0.25) is 9.59 Å². The van der Waals surface area contributed by atoms with E-state index in [9.17, 15) is 9.59 Å². The first kappa shape index (κ1) is 16.2. The summed E-state index contributed by atoms with van der Waals surface area (Å²) in [6, 6.07) is 0.112. The fraction of sp³-hybridized carbons (Fsp3) is 0.800. The third kappa shape index (κ3) is 3.05. The standard InChI is InChI=1S/C15H25N3O2S/c1-10-5-6-11(12(16)19)9-18(10)14(20)15(13(17)21)7-3-2-4-8-15/h10-11H,2-9H2,1H3,(H2,16,19)(H2,17,21). The summed E-state index contributed by atoms with van der Waals surface area (Å²) in [5, 5.41) is 0. The van der Waals surface area contributed by atoms with E-state index in [1.807, 2.05) is 6.92 Å². The maximum absolute atomic E-state index is 13.1. The van der Waals surface area contributed by atoms with E-state index >= 15 is 0 Å². The van der Waals surface area contributed by atoms with E-state index in [0.717, 1.165) is 44.9 Å². The average Bonchev–Trinajstić information content (AvgIpc) is 2.47. The Balaban J connectivity index is 2.22. The molecule has 2 atom stereocenters. The molecule has 0 bridgehead atoms. The number of carbonyl (C=O) groups excluding carboxylic acids is 2. The van der Waals surface area contributed by atoms with Gasteiger partial charge < -0.3 is 16.4 Å². The van der Waals surface area contributed by atoms with Crippen molar-refractivity contribution >= 4 is 29.0 Å². The van der Waals surface area contributed by atoms with Crippen LogP contribution in [0.3, 0.4) is 0 Å². The molecule has 0 aromatic heterocycles. The van der Waals surface area contributed by atoms with Gasteiger partial charge in [-0.25, -0.2) is 0 Å². The number of primary amides is 1. The van der Waals surface area contributed by atoms with Crippen molar-refractivity contribution in [3.8, 4) is 0 Å². The Morgan fingerprint density at radius 2 is 1.76 bits per heavy atom. The number of hydrogen-bond donors (Lipinski definition) is 2. The van der Waals surface area contributed by atoms with Gasteiger partial charge in [0.05, 0.1) is 16.3 Å². The van der Waals surface area contributed by atoms with Gasteiger partial charge in [-0.15, -0.1) is 0 Å². The van der Waals surface area contributed by atoms with Gasteiger partial charge in [0.2, 0.25) is 11.8 Å². The zero-order valence-corrected chi connectivity index (χ0v) is 13.5. The predicted octanol–water partition coefficient (Wildman–Crippen LogP) is 1.34. The van der Waals surface area contributed by atoms with E-state index in [2.05, 4.69) is 0 Å². The summed E-state index contributed by atoms with van der Waals surface area (Å²) >= 11 is 5.23. The molecule has 0 aromatic carbocycles. The van der Waals surface area contributed by atoms with Crippen LogP contribution in [0.15, 0.2) is 0 Å². The maximum Gasteiger partial charge on any atom is 0.235 e. The Morgan fingerprint density at radius 3 is 2.29 bits per heavy atom. The van der Waals surface area contributed by atoms with E-state index in [1.54, 1.807) is 4.90 Å². The lowest BCUT2D eigenvalue weighted by Crippen LogP contribution is -2.57. The first-order valence-corrected chi connectivity index (χ1v) is 8.19. The highest BCUT2D eigenvalue weighted by atomic mass is 32.1. The van der Waals surface area contributed by atoms with Crippen molar-refractivity contribution in [2.24, 2.45) is 22.8 Å². The molecule has 2 aliphatic rings. The number of rotatable bonds is 3. The van der Waals surface area contributed by atoms with Crippen LogP contribution in [0.4, 0.5) is 0 Å². The SMILES string of the molecule is CC1CCC(C(N)=O)CN1C(=O)C1(C(N)=S)CCCCC1. The Hall–Kier alpha value is -1.17. The molecule has 0 radical (unpaired) electrons. The summed E-state index contributed by atoms with van der Waals surface area (Å²) in [5.41, 5.74) is 10.7. The quantitative estimate of drug-likeness (QED) is 0.770. The molecule has 118 valence electrons. The number of thiocarbonyl (C=S) groups is 1. The second kappa shape index (κ2) is 6.30. The lowest BCUT2D eigenvalue weighted by molar-refractivity contribution is -0.145. The molecule has 1 heterocycles. The number of amides is 2. The monoisotopic (exact) mass is 311 g/mol. The molecule has 2 unspecified atom stereocenters. The second-order valence-electron chi connectivity index (χ2n) is 6.49. The number of piperidine rings is 1. The van der Waals surface area contributed by atoms with Crippen molar-refractivity contribution in [3.05, 3.63) is 0 Å². The van der Waals surface area contributed by atoms with Gasteiger partial charge in [0.15, 0.2) is 0 Å². The normalized spacial score (nSPS) is 28.9. The van der Waals surface area contributed by atoms with E-state index in [0.29, 0.717) is 11.5 Å². The van der Waals surface area contributed by atoms with Crippen LogP contribution in [0.2, 0.25) is 0 Å². The zero-order valence-electron chi connectivity index (χ0n) is 12.6. The van der Waals surface area contributed by atoms with Crippen LogP contribution >= 0.6 is 12.2 Å². The highest BCUT2D eigenvalue weighted by Crippen LogP contribution is 2.40. The molecule has 5 nitrogen and oxygen atoms in total. The van der Waals surface area contributed by atoms with Gasteiger partial charge in [-0.05, 0) is 32.6 Å². The maximum atomic E-state index is 13.1. The summed E-state index contributed by atoms with van der Waals surface area (Å²) in [6.07, 6.45) is 6.08. The largest absolute Gasteiger partial charge is 0.392 e. The van der Waals surface area contributed by atoms with Crippen LogP contribution < -0.4 is 11.5 Å². The third-order valence-electron chi connectivity index (χ3n) is 5.13. The topological polar surface area (TPSA) is 89.4 Å². The van der Waals surface area contributed by atoms with Gasteiger partial charge in [-0.1, -0.05) is 31.5 Å². The summed E-state index contributed by atoms with van der Waals surface area (Å²) in [6.45, 7) is 2.42. The second-order valence-corrected chi connectivity index (χ2v) is 6.93. The third-order valence-corrected chi connectivity index (χ3v) is 5.52. The van der Waals surface area contributed by atoms with Gasteiger partial charge in [0.1, 0.15) is 0 Å². The van der Waals surface area contributed by atoms with Crippen molar-refractivity contribution < 1.29 is 9.59 Å². The van der Waals surface area contributed by atoms with E-state index < -0.39 is 5.41 Å². The van der Waals surface area contributed by atoms with E-state index in [-0.39, 0.29) is 23.8 Å². The molecular formula is C15H25N3O2S. The molecule has 6 heteroatoms. The zero-order chi connectivity index (χ0) is 15.6. The molecule has 0 aromatic rings. The molecule has 2 fully saturated rings. The first-order valence-electron chi connectivity index (χ1n) is 7.79. The van der Waals surface area contributed by atoms with Gasteiger partial charge in [-0.2, -0.15) is 0 Å². The molecule has 1 aliphatic carbocycles. The number of nitrogens with zero attached hydrogens (tertiary/aromatic N) is 1. The number of hydrogen-bond acceptors (Lipinski definition) is 3. The minimum absolute atomic E-state index is 0.00755.